The maximum Gasteiger partial charge on any atom is 0.146 e. The average molecular weight is 178 g/mol. The van der Waals surface area contributed by atoms with Gasteiger partial charge in [-0.15, -0.1) is 0 Å². The van der Waals surface area contributed by atoms with Gasteiger partial charge in [0, 0.05) is 31.5 Å². The molecule has 0 aromatic carbocycles. The molecule has 1 fully saturated rings. The van der Waals surface area contributed by atoms with Crippen LogP contribution in [0.2, 0.25) is 0 Å². The van der Waals surface area contributed by atoms with Crippen LogP contribution < -0.4 is 10.6 Å². The fourth-order valence-electron chi connectivity index (χ4n) is 1.46. The highest BCUT2D eigenvalue weighted by atomic mass is 15.1. The molecular weight excluding hydrogens is 164 g/mol. The lowest BCUT2D eigenvalue weighted by atomic mass is 10.1. The van der Waals surface area contributed by atoms with E-state index in [-0.39, 0.29) is 6.04 Å². The van der Waals surface area contributed by atoms with Gasteiger partial charge in [-0.2, -0.15) is 0 Å². The van der Waals surface area contributed by atoms with Crippen LogP contribution in [0.5, 0.6) is 0 Å². The molecule has 2 unspecified atom stereocenters. The van der Waals surface area contributed by atoms with E-state index in [1.165, 1.54) is 0 Å². The Labute approximate surface area is 77.8 Å². The summed E-state index contributed by atoms with van der Waals surface area (Å²) in [4.78, 5) is 8.43. The van der Waals surface area contributed by atoms with Crippen LogP contribution in [0, 0.1) is 0 Å². The molecule has 0 spiro atoms. The summed E-state index contributed by atoms with van der Waals surface area (Å²) in [6.45, 7) is 4.04. The summed E-state index contributed by atoms with van der Waals surface area (Å²) in [6, 6.07) is 2.64. The van der Waals surface area contributed by atoms with Crippen molar-refractivity contribution in [1.82, 2.24) is 20.6 Å². The topological polar surface area (TPSA) is 49.8 Å². The molecular formula is C9H14N4. The number of piperazine rings is 1. The van der Waals surface area contributed by atoms with Gasteiger partial charge in [-0.3, -0.25) is 0 Å². The van der Waals surface area contributed by atoms with Crippen molar-refractivity contribution in [2.45, 2.75) is 19.0 Å². The van der Waals surface area contributed by atoms with Gasteiger partial charge in [0.25, 0.3) is 0 Å². The van der Waals surface area contributed by atoms with E-state index in [0.717, 1.165) is 18.9 Å². The van der Waals surface area contributed by atoms with Gasteiger partial charge in [0.2, 0.25) is 0 Å². The van der Waals surface area contributed by atoms with Gasteiger partial charge in [0.05, 0.1) is 6.04 Å². The van der Waals surface area contributed by atoms with Crippen molar-refractivity contribution in [3.63, 3.8) is 0 Å². The van der Waals surface area contributed by atoms with E-state index in [4.69, 9.17) is 0 Å². The molecule has 0 radical (unpaired) electrons. The quantitative estimate of drug-likeness (QED) is 0.640. The second-order valence-corrected chi connectivity index (χ2v) is 3.38. The van der Waals surface area contributed by atoms with Crippen molar-refractivity contribution in [2.24, 2.45) is 0 Å². The lowest BCUT2D eigenvalue weighted by molar-refractivity contribution is 0.356. The Bertz CT molecular complexity index is 254. The Balaban J connectivity index is 2.03. The molecule has 1 aromatic heterocycles. The third kappa shape index (κ3) is 2.02. The van der Waals surface area contributed by atoms with Crippen LogP contribution in [-0.2, 0) is 0 Å². The molecule has 4 heteroatoms. The average Bonchev–Trinajstić information content (AvgIpc) is 2.20. The maximum absolute atomic E-state index is 4.21. The van der Waals surface area contributed by atoms with Crippen molar-refractivity contribution in [3.05, 3.63) is 24.3 Å². The zero-order valence-electron chi connectivity index (χ0n) is 7.70. The van der Waals surface area contributed by atoms with Crippen LogP contribution in [-0.4, -0.2) is 29.1 Å². The van der Waals surface area contributed by atoms with Gasteiger partial charge < -0.3 is 10.6 Å². The zero-order chi connectivity index (χ0) is 9.10. The predicted octanol–water partition coefficient (Wildman–Crippen LogP) is 0.0990. The van der Waals surface area contributed by atoms with Crippen LogP contribution in [0.4, 0.5) is 0 Å². The second-order valence-electron chi connectivity index (χ2n) is 3.38. The number of aromatic nitrogens is 2. The van der Waals surface area contributed by atoms with E-state index in [9.17, 15) is 0 Å². The Morgan fingerprint density at radius 3 is 2.62 bits per heavy atom. The number of nitrogens with one attached hydrogen (secondary N) is 2. The monoisotopic (exact) mass is 178 g/mol. The highest BCUT2D eigenvalue weighted by molar-refractivity contribution is 4.99. The molecule has 70 valence electrons. The van der Waals surface area contributed by atoms with Crippen LogP contribution >= 0.6 is 0 Å². The maximum atomic E-state index is 4.21. The molecule has 2 atom stereocenters. The summed E-state index contributed by atoms with van der Waals surface area (Å²) in [6.07, 6.45) is 3.56. The molecule has 1 saturated heterocycles. The molecule has 4 nitrogen and oxygen atoms in total. The largest absolute Gasteiger partial charge is 0.311 e. The first-order valence-electron chi connectivity index (χ1n) is 4.60. The van der Waals surface area contributed by atoms with Crippen LogP contribution in [0.25, 0.3) is 0 Å². The van der Waals surface area contributed by atoms with Gasteiger partial charge in [0.15, 0.2) is 0 Å². The Morgan fingerprint density at radius 2 is 2.00 bits per heavy atom. The van der Waals surface area contributed by atoms with Crippen LogP contribution in [0.1, 0.15) is 18.8 Å². The van der Waals surface area contributed by atoms with Crippen molar-refractivity contribution in [2.75, 3.05) is 13.1 Å². The van der Waals surface area contributed by atoms with Crippen molar-refractivity contribution in [3.8, 4) is 0 Å². The number of hydrogen-bond acceptors (Lipinski definition) is 4. The summed E-state index contributed by atoms with van der Waals surface area (Å²) in [5, 5.41) is 6.79. The molecule has 0 saturated carbocycles. The Hall–Kier alpha value is -1.00. The molecule has 2 heterocycles. The number of hydrogen-bond donors (Lipinski definition) is 2. The highest BCUT2D eigenvalue weighted by Gasteiger charge is 2.19. The van der Waals surface area contributed by atoms with Gasteiger partial charge >= 0.3 is 0 Å². The van der Waals surface area contributed by atoms with E-state index in [1.54, 1.807) is 12.4 Å². The van der Waals surface area contributed by atoms with E-state index >= 15 is 0 Å². The number of rotatable bonds is 1. The first kappa shape index (κ1) is 8.59. The summed E-state index contributed by atoms with van der Waals surface area (Å²) in [7, 11) is 0. The molecule has 13 heavy (non-hydrogen) atoms. The van der Waals surface area contributed by atoms with Crippen LogP contribution in [0.3, 0.4) is 0 Å². The van der Waals surface area contributed by atoms with Crippen molar-refractivity contribution >= 4 is 0 Å². The molecule has 0 aliphatic carbocycles. The zero-order valence-corrected chi connectivity index (χ0v) is 7.70. The number of nitrogens with zero attached hydrogens (tertiary/aromatic N) is 2. The molecule has 0 bridgehead atoms. The van der Waals surface area contributed by atoms with E-state index < -0.39 is 0 Å². The first-order chi connectivity index (χ1) is 6.36. The van der Waals surface area contributed by atoms with Crippen LogP contribution in [0.15, 0.2) is 18.5 Å². The second kappa shape index (κ2) is 3.81. The molecule has 1 aliphatic rings. The van der Waals surface area contributed by atoms with Crippen molar-refractivity contribution in [1.29, 1.82) is 0 Å². The fourth-order valence-corrected chi connectivity index (χ4v) is 1.46. The Morgan fingerprint density at radius 1 is 1.23 bits per heavy atom. The molecule has 1 aliphatic heterocycles. The Kier molecular flexibility index (Phi) is 2.52. The SMILES string of the molecule is CC1CNC(c2ncccn2)CN1. The van der Waals surface area contributed by atoms with Gasteiger partial charge in [-0.1, -0.05) is 0 Å². The molecule has 2 N–H and O–H groups in total. The minimum absolute atomic E-state index is 0.261. The third-order valence-corrected chi connectivity index (χ3v) is 2.24. The minimum Gasteiger partial charge on any atom is -0.311 e. The molecule has 0 amide bonds. The third-order valence-electron chi connectivity index (χ3n) is 2.24. The van der Waals surface area contributed by atoms with Gasteiger partial charge in [-0.05, 0) is 13.0 Å². The normalized spacial score (nSPS) is 28.7. The summed E-state index contributed by atoms with van der Waals surface area (Å²) in [5.41, 5.74) is 0. The molecule has 1 aromatic rings. The highest BCUT2D eigenvalue weighted by Crippen LogP contribution is 2.08. The van der Waals surface area contributed by atoms with E-state index in [2.05, 4.69) is 27.5 Å². The lowest BCUT2D eigenvalue weighted by Crippen LogP contribution is -2.48. The standard InChI is InChI=1S/C9H14N4/c1-7-5-13-8(6-12-7)9-10-3-2-4-11-9/h2-4,7-8,12-13H,5-6H2,1H3. The lowest BCUT2D eigenvalue weighted by Gasteiger charge is -2.27. The first-order valence-corrected chi connectivity index (χ1v) is 4.60. The van der Waals surface area contributed by atoms with E-state index in [1.807, 2.05) is 6.07 Å². The summed E-state index contributed by atoms with van der Waals surface area (Å²) >= 11 is 0. The predicted molar refractivity (Wildman–Crippen MR) is 50.2 cm³/mol. The fraction of sp³-hybridized carbons (Fsp3) is 0.556. The van der Waals surface area contributed by atoms with E-state index in [0.29, 0.717) is 6.04 Å². The summed E-state index contributed by atoms with van der Waals surface area (Å²) < 4.78 is 0. The smallest absolute Gasteiger partial charge is 0.146 e. The summed E-state index contributed by atoms with van der Waals surface area (Å²) in [5.74, 6) is 0.877. The van der Waals surface area contributed by atoms with Gasteiger partial charge in [-0.25, -0.2) is 9.97 Å². The minimum atomic E-state index is 0.261. The van der Waals surface area contributed by atoms with Gasteiger partial charge in [0.1, 0.15) is 5.82 Å². The molecule has 2 rings (SSSR count). The van der Waals surface area contributed by atoms with Crippen molar-refractivity contribution < 1.29 is 0 Å².